The summed E-state index contributed by atoms with van der Waals surface area (Å²) in [5.74, 6) is -0.301. The van der Waals surface area contributed by atoms with E-state index in [0.717, 1.165) is 0 Å². The molecule has 0 bridgehead atoms. The number of hydrogen-bond donors (Lipinski definition) is 1. The molecule has 0 spiro atoms. The van der Waals surface area contributed by atoms with Gasteiger partial charge in [-0.2, -0.15) is 0 Å². The molecule has 1 unspecified atom stereocenters. The van der Waals surface area contributed by atoms with Crippen LogP contribution in [0.2, 0.25) is 10.0 Å². The van der Waals surface area contributed by atoms with Gasteiger partial charge in [0.2, 0.25) is 6.10 Å². The molecule has 132 valence electrons. The van der Waals surface area contributed by atoms with Gasteiger partial charge in [-0.15, -0.1) is 0 Å². The lowest BCUT2D eigenvalue weighted by Crippen LogP contribution is -2.32. The Morgan fingerprint density at radius 1 is 1.21 bits per heavy atom. The van der Waals surface area contributed by atoms with Gasteiger partial charge in [0, 0.05) is 0 Å². The Kier molecular flexibility index (Phi) is 7.88. The minimum atomic E-state index is -1.21. The van der Waals surface area contributed by atoms with Gasteiger partial charge in [-0.25, -0.2) is 9.59 Å². The molecule has 1 atom stereocenters. The first-order valence-corrected chi connectivity index (χ1v) is 7.97. The number of ether oxygens (including phenoxy) is 3. The molecule has 8 heteroatoms. The van der Waals surface area contributed by atoms with Crippen LogP contribution in [0.5, 0.6) is 5.75 Å². The number of esters is 1. The van der Waals surface area contributed by atoms with Crippen molar-refractivity contribution in [3.05, 3.63) is 34.3 Å². The van der Waals surface area contributed by atoms with Crippen molar-refractivity contribution in [2.45, 2.75) is 26.9 Å². The Hall–Kier alpha value is -1.92. The third-order valence-corrected chi connectivity index (χ3v) is 3.62. The molecule has 0 fully saturated rings. The molecule has 0 aliphatic heterocycles. The topological polar surface area (TPSA) is 73.9 Å². The third kappa shape index (κ3) is 5.32. The van der Waals surface area contributed by atoms with Crippen molar-refractivity contribution in [1.29, 1.82) is 0 Å². The first-order valence-electron chi connectivity index (χ1n) is 7.22. The van der Waals surface area contributed by atoms with E-state index in [4.69, 9.17) is 37.4 Å². The number of amides is 1. The summed E-state index contributed by atoms with van der Waals surface area (Å²) in [6.07, 6.45) is -2.10. The first kappa shape index (κ1) is 20.1. The van der Waals surface area contributed by atoms with Crippen LogP contribution in [0.1, 0.15) is 20.8 Å². The van der Waals surface area contributed by atoms with Crippen molar-refractivity contribution in [3.63, 3.8) is 0 Å². The van der Waals surface area contributed by atoms with Crippen LogP contribution >= 0.6 is 23.2 Å². The van der Waals surface area contributed by atoms with E-state index < -0.39 is 18.2 Å². The Morgan fingerprint density at radius 3 is 2.42 bits per heavy atom. The molecule has 0 aliphatic rings. The fourth-order valence-corrected chi connectivity index (χ4v) is 2.13. The normalized spacial score (nSPS) is 11.4. The summed E-state index contributed by atoms with van der Waals surface area (Å²) in [5, 5.41) is 2.69. The van der Waals surface area contributed by atoms with Gasteiger partial charge in [-0.3, -0.25) is 5.32 Å². The molecular formula is C16H19Cl2NO5. The molecule has 0 heterocycles. The number of carbonyl (C=O) groups is 2. The summed E-state index contributed by atoms with van der Waals surface area (Å²) >= 11 is 12.2. The van der Waals surface area contributed by atoms with Gasteiger partial charge < -0.3 is 14.2 Å². The largest absolute Gasteiger partial charge is 0.492 e. The van der Waals surface area contributed by atoms with Gasteiger partial charge in [0.05, 0.1) is 23.9 Å². The molecule has 1 aromatic carbocycles. The van der Waals surface area contributed by atoms with Crippen LogP contribution < -0.4 is 10.1 Å². The number of rotatable bonds is 7. The highest BCUT2D eigenvalue weighted by atomic mass is 35.5. The number of hydrogen-bond acceptors (Lipinski definition) is 5. The zero-order valence-electron chi connectivity index (χ0n) is 13.7. The molecule has 1 amide bonds. The lowest BCUT2D eigenvalue weighted by molar-refractivity contribution is -0.150. The molecule has 0 aromatic heterocycles. The van der Waals surface area contributed by atoms with Crippen LogP contribution in [0.25, 0.3) is 0 Å². The second kappa shape index (κ2) is 9.39. The predicted molar refractivity (Wildman–Crippen MR) is 93.0 cm³/mol. The molecular weight excluding hydrogens is 357 g/mol. The lowest BCUT2D eigenvalue weighted by atomic mass is 10.2. The first-order chi connectivity index (χ1) is 11.3. The Labute approximate surface area is 150 Å². The number of nitrogens with one attached hydrogen (secondary N) is 1. The molecule has 6 nitrogen and oxygen atoms in total. The molecule has 0 saturated heterocycles. The monoisotopic (exact) mass is 375 g/mol. The van der Waals surface area contributed by atoms with E-state index >= 15 is 0 Å². The summed E-state index contributed by atoms with van der Waals surface area (Å²) in [6, 6.07) is 3.08. The minimum Gasteiger partial charge on any atom is -0.492 e. The number of benzene rings is 1. The second-order valence-corrected chi connectivity index (χ2v) is 5.44. The summed E-state index contributed by atoms with van der Waals surface area (Å²) in [6.45, 7) is 9.20. The molecule has 1 N–H and O–H groups in total. The van der Waals surface area contributed by atoms with E-state index in [0.29, 0.717) is 17.9 Å². The van der Waals surface area contributed by atoms with Gasteiger partial charge in [-0.1, -0.05) is 29.8 Å². The number of halogens is 2. The van der Waals surface area contributed by atoms with Crippen LogP contribution in [0.15, 0.2) is 24.3 Å². The van der Waals surface area contributed by atoms with Crippen molar-refractivity contribution < 1.29 is 23.8 Å². The Balaban J connectivity index is 2.85. The van der Waals surface area contributed by atoms with Crippen LogP contribution in [0.4, 0.5) is 10.5 Å². The smallest absolute Gasteiger partial charge is 0.412 e. The average Bonchev–Trinajstić information content (AvgIpc) is 2.52. The maximum absolute atomic E-state index is 12.0. The van der Waals surface area contributed by atoms with Crippen molar-refractivity contribution in [2.75, 3.05) is 18.5 Å². The zero-order valence-corrected chi connectivity index (χ0v) is 15.2. The summed E-state index contributed by atoms with van der Waals surface area (Å²) in [7, 11) is 0. The Bertz CT molecular complexity index is 633. The third-order valence-electron chi connectivity index (χ3n) is 2.76. The minimum absolute atomic E-state index is 0.0996. The quantitative estimate of drug-likeness (QED) is 0.562. The van der Waals surface area contributed by atoms with Crippen LogP contribution in [-0.2, 0) is 14.3 Å². The lowest BCUT2D eigenvalue weighted by Gasteiger charge is -2.17. The fourth-order valence-electron chi connectivity index (χ4n) is 1.71. The predicted octanol–water partition coefficient (Wildman–Crippen LogP) is 4.45. The maximum atomic E-state index is 12.0. The van der Waals surface area contributed by atoms with E-state index in [2.05, 4.69) is 11.9 Å². The Morgan fingerprint density at radius 2 is 1.88 bits per heavy atom. The van der Waals surface area contributed by atoms with E-state index in [1.165, 1.54) is 6.07 Å². The van der Waals surface area contributed by atoms with Crippen molar-refractivity contribution in [2.24, 2.45) is 0 Å². The SMILES string of the molecule is C=C(C)C(OC(=O)Nc1ccc(OCC)c(Cl)c1Cl)C(=O)OCC. The maximum Gasteiger partial charge on any atom is 0.412 e. The van der Waals surface area contributed by atoms with Crippen LogP contribution in [-0.4, -0.2) is 31.4 Å². The average molecular weight is 376 g/mol. The highest BCUT2D eigenvalue weighted by Crippen LogP contribution is 2.37. The van der Waals surface area contributed by atoms with Gasteiger partial charge in [0.1, 0.15) is 10.8 Å². The van der Waals surface area contributed by atoms with Crippen molar-refractivity contribution in [1.82, 2.24) is 0 Å². The number of carbonyl (C=O) groups excluding carboxylic acids is 2. The van der Waals surface area contributed by atoms with Gasteiger partial charge >= 0.3 is 12.1 Å². The molecule has 24 heavy (non-hydrogen) atoms. The standard InChI is InChI=1S/C16H19Cl2NO5/c1-5-22-11-8-7-10(12(17)13(11)18)19-16(21)24-14(9(3)4)15(20)23-6-2/h7-8,14H,3,5-6H2,1-2,4H3,(H,19,21). The highest BCUT2D eigenvalue weighted by molar-refractivity contribution is 6.44. The van der Waals surface area contributed by atoms with Gasteiger partial charge in [-0.05, 0) is 38.5 Å². The van der Waals surface area contributed by atoms with E-state index in [1.54, 1.807) is 26.8 Å². The van der Waals surface area contributed by atoms with Crippen molar-refractivity contribution in [3.8, 4) is 5.75 Å². The highest BCUT2D eigenvalue weighted by Gasteiger charge is 2.25. The van der Waals surface area contributed by atoms with Gasteiger partial charge in [0.25, 0.3) is 0 Å². The molecule has 0 radical (unpaired) electrons. The van der Waals surface area contributed by atoms with Crippen molar-refractivity contribution >= 4 is 41.0 Å². The van der Waals surface area contributed by atoms with Crippen LogP contribution in [0, 0.1) is 0 Å². The van der Waals surface area contributed by atoms with E-state index in [9.17, 15) is 9.59 Å². The fraction of sp³-hybridized carbons (Fsp3) is 0.375. The summed E-state index contributed by atoms with van der Waals surface area (Å²) in [4.78, 5) is 23.8. The van der Waals surface area contributed by atoms with Gasteiger partial charge in [0.15, 0.2) is 0 Å². The summed E-state index contributed by atoms with van der Waals surface area (Å²) in [5.41, 5.74) is 0.555. The van der Waals surface area contributed by atoms with Crippen LogP contribution in [0.3, 0.4) is 0 Å². The summed E-state index contributed by atoms with van der Waals surface area (Å²) < 4.78 is 15.2. The molecule has 0 aliphatic carbocycles. The van der Waals surface area contributed by atoms with E-state index in [-0.39, 0.29) is 22.3 Å². The molecule has 1 aromatic rings. The molecule has 0 saturated carbocycles. The number of anilines is 1. The second-order valence-electron chi connectivity index (χ2n) is 4.68. The van der Waals surface area contributed by atoms with E-state index in [1.807, 2.05) is 0 Å². The zero-order chi connectivity index (χ0) is 18.3. The molecule has 1 rings (SSSR count).